The normalized spacial score (nSPS) is 11.1. The van der Waals surface area contributed by atoms with Crippen LogP contribution in [-0.2, 0) is 4.79 Å². The van der Waals surface area contributed by atoms with Crippen LogP contribution in [0, 0.1) is 6.92 Å². The summed E-state index contributed by atoms with van der Waals surface area (Å²) in [6.07, 6.45) is 7.32. The summed E-state index contributed by atoms with van der Waals surface area (Å²) in [4.78, 5) is 17.5. The molecule has 2 N–H and O–H groups in total. The van der Waals surface area contributed by atoms with Gasteiger partial charge in [0.2, 0.25) is 0 Å². The number of phenolic OH excluding ortho intramolecular Hbond substituents is 1. The van der Waals surface area contributed by atoms with Crippen LogP contribution in [0.15, 0.2) is 83.7 Å². The molecule has 0 saturated carbocycles. The Kier molecular flexibility index (Phi) is 27.0. The maximum absolute atomic E-state index is 12.1. The second-order valence-corrected chi connectivity index (χ2v) is 10.4. The quantitative estimate of drug-likeness (QED) is 0.0706. The van der Waals surface area contributed by atoms with Gasteiger partial charge in [0, 0.05) is 23.9 Å². The third-order valence-corrected chi connectivity index (χ3v) is 5.60. The van der Waals surface area contributed by atoms with Crippen molar-refractivity contribution in [2.24, 2.45) is 4.99 Å². The number of nitrogens with zero attached hydrogens (tertiary/aromatic N) is 2. The summed E-state index contributed by atoms with van der Waals surface area (Å²) in [5.41, 5.74) is 3.35. The molecule has 2 rings (SSSR count). The van der Waals surface area contributed by atoms with E-state index >= 15 is 0 Å². The Morgan fingerprint density at radius 1 is 1.11 bits per heavy atom. The summed E-state index contributed by atoms with van der Waals surface area (Å²) in [5, 5.41) is 13.8. The van der Waals surface area contributed by atoms with Gasteiger partial charge >= 0.3 is 0 Å². The van der Waals surface area contributed by atoms with Gasteiger partial charge in [0.1, 0.15) is 17.9 Å². The molecular formula is C35H53ClF2N3O2P. The fourth-order valence-corrected chi connectivity index (χ4v) is 3.58. The molecule has 0 radical (unpaired) electrons. The molecule has 9 heteroatoms. The van der Waals surface area contributed by atoms with E-state index in [1.807, 2.05) is 80.5 Å². The lowest BCUT2D eigenvalue weighted by atomic mass is 10.0. The number of rotatable bonds is 9. The van der Waals surface area contributed by atoms with Gasteiger partial charge in [0.25, 0.3) is 5.66 Å². The number of carbonyl (C=O) groups is 1. The average Bonchev–Trinajstić information content (AvgIpc) is 2.94. The minimum absolute atomic E-state index is 0.0650. The Balaban J connectivity index is -0.000000823. The standard InChI is InChI=1S/C22H24ClN3O.C7H13F2P.C2H4O.2C2H6/c1-14(2)18(11-15(3)22-20(23)7-6-8-21(22)27)12-25-17(5)26-19-10-9-16(4)24-13-19;1-6(2)4-3-5-7(8,9)10;1-2-3;2*1-2/h6-13,27H,1H2,2-5H3,(H,25,26);1,3-5,10H2,2H3;2H,1H3;2*1-2H3/b15-11+,18-12-;;;;. The minimum Gasteiger partial charge on any atom is -0.507 e. The molecule has 1 atom stereocenters. The molecule has 0 amide bonds. The molecule has 44 heavy (non-hydrogen) atoms. The third kappa shape index (κ3) is 23.3. The molecular weight excluding hydrogens is 599 g/mol. The minimum atomic E-state index is -2.59. The fourth-order valence-electron chi connectivity index (χ4n) is 3.05. The van der Waals surface area contributed by atoms with Crippen LogP contribution in [0.5, 0.6) is 5.75 Å². The maximum atomic E-state index is 12.1. The SMILES string of the molecule is C=C(C)C(=C\N=C(C)Nc1ccc(C)nc1)/C=C(\C)c1c(O)cccc1Cl.C=C(C)CCCC(F)(F)P.CC.CC.CC=O. The number of nitrogens with one attached hydrogen (secondary N) is 1. The molecule has 5 nitrogen and oxygen atoms in total. The first-order valence-corrected chi connectivity index (χ1v) is 15.5. The van der Waals surface area contributed by atoms with Gasteiger partial charge < -0.3 is 15.2 Å². The van der Waals surface area contributed by atoms with Crippen molar-refractivity contribution in [3.63, 3.8) is 0 Å². The molecule has 246 valence electrons. The molecule has 0 saturated heterocycles. The molecule has 1 aromatic carbocycles. The van der Waals surface area contributed by atoms with Crippen molar-refractivity contribution in [2.75, 3.05) is 5.32 Å². The summed E-state index contributed by atoms with van der Waals surface area (Å²) < 4.78 is 24.2. The Morgan fingerprint density at radius 2 is 1.68 bits per heavy atom. The first-order chi connectivity index (χ1) is 20.6. The van der Waals surface area contributed by atoms with Crippen LogP contribution in [0.3, 0.4) is 0 Å². The molecule has 0 spiro atoms. The fraction of sp³-hybridized carbons (Fsp3) is 0.400. The predicted octanol–water partition coefficient (Wildman–Crippen LogP) is 11.6. The van der Waals surface area contributed by atoms with Gasteiger partial charge in [-0.3, -0.25) is 4.98 Å². The number of aryl methyl sites for hydroxylation is 1. The van der Waals surface area contributed by atoms with Gasteiger partial charge in [-0.2, -0.15) is 0 Å². The van der Waals surface area contributed by atoms with Crippen molar-refractivity contribution in [1.82, 2.24) is 4.98 Å². The molecule has 1 unspecified atom stereocenters. The van der Waals surface area contributed by atoms with Gasteiger partial charge in [-0.05, 0) is 101 Å². The zero-order chi connectivity index (χ0) is 34.9. The number of benzene rings is 1. The second kappa shape index (κ2) is 26.3. The van der Waals surface area contributed by atoms with E-state index in [-0.39, 0.29) is 12.2 Å². The number of aldehydes is 1. The number of allylic oxidation sites excluding steroid dienone is 5. The molecule has 0 bridgehead atoms. The average molecular weight is 652 g/mol. The number of aromatic nitrogens is 1. The van der Waals surface area contributed by atoms with E-state index in [1.165, 1.54) is 16.2 Å². The first kappa shape index (κ1) is 45.3. The summed E-state index contributed by atoms with van der Waals surface area (Å²) in [7, 11) is 1.53. The number of carbonyl (C=O) groups excluding carboxylic acids is 1. The summed E-state index contributed by atoms with van der Waals surface area (Å²) in [6.45, 7) is 26.5. The molecule has 0 aliphatic rings. The predicted molar refractivity (Wildman–Crippen MR) is 193 cm³/mol. The van der Waals surface area contributed by atoms with Crippen LogP contribution in [0.4, 0.5) is 14.5 Å². The van der Waals surface area contributed by atoms with Crippen molar-refractivity contribution in [1.29, 1.82) is 0 Å². The molecule has 2 aromatic rings. The number of aliphatic imine (C=N–C) groups is 1. The van der Waals surface area contributed by atoms with Crippen molar-refractivity contribution < 1.29 is 18.7 Å². The van der Waals surface area contributed by atoms with Crippen LogP contribution < -0.4 is 5.32 Å². The number of hydrogen-bond donors (Lipinski definition) is 2. The highest BCUT2D eigenvalue weighted by Gasteiger charge is 2.19. The zero-order valence-corrected chi connectivity index (χ0v) is 30.1. The number of phenols is 1. The van der Waals surface area contributed by atoms with E-state index in [0.717, 1.165) is 45.8 Å². The van der Waals surface area contributed by atoms with Gasteiger partial charge in [0.15, 0.2) is 0 Å². The third-order valence-electron chi connectivity index (χ3n) is 5.00. The number of aromatic hydroxyl groups is 1. The van der Waals surface area contributed by atoms with Crippen LogP contribution in [0.1, 0.15) is 92.8 Å². The molecule has 0 aliphatic heterocycles. The molecule has 1 aromatic heterocycles. The summed E-state index contributed by atoms with van der Waals surface area (Å²) in [6, 6.07) is 8.97. The van der Waals surface area contributed by atoms with Gasteiger partial charge in [-0.25, -0.2) is 13.8 Å². The number of pyridine rings is 1. The van der Waals surface area contributed by atoms with Gasteiger partial charge in [-0.15, -0.1) is 6.58 Å². The van der Waals surface area contributed by atoms with Crippen LogP contribution in [0.25, 0.3) is 5.57 Å². The number of hydrogen-bond acceptors (Lipinski definition) is 4. The topological polar surface area (TPSA) is 74.6 Å². The van der Waals surface area contributed by atoms with Crippen LogP contribution >= 0.6 is 20.8 Å². The highest BCUT2D eigenvalue weighted by atomic mass is 35.5. The van der Waals surface area contributed by atoms with E-state index in [1.54, 1.807) is 30.6 Å². The van der Waals surface area contributed by atoms with E-state index < -0.39 is 5.66 Å². The zero-order valence-electron chi connectivity index (χ0n) is 28.2. The van der Waals surface area contributed by atoms with E-state index in [2.05, 4.69) is 28.5 Å². The Bertz CT molecular complexity index is 1200. The molecule has 0 fully saturated rings. The Labute approximate surface area is 272 Å². The highest BCUT2D eigenvalue weighted by Crippen LogP contribution is 2.33. The lowest BCUT2D eigenvalue weighted by molar-refractivity contribution is -0.106. The highest BCUT2D eigenvalue weighted by molar-refractivity contribution is 7.18. The lowest BCUT2D eigenvalue weighted by Crippen LogP contribution is -2.06. The van der Waals surface area contributed by atoms with Gasteiger partial charge in [0.05, 0.1) is 16.9 Å². The number of alkyl halides is 2. The lowest BCUT2D eigenvalue weighted by Gasteiger charge is -2.09. The van der Waals surface area contributed by atoms with Crippen molar-refractivity contribution in [2.45, 2.75) is 94.2 Å². The van der Waals surface area contributed by atoms with Crippen molar-refractivity contribution >= 4 is 44.2 Å². The van der Waals surface area contributed by atoms with E-state index in [0.29, 0.717) is 23.4 Å². The van der Waals surface area contributed by atoms with E-state index in [4.69, 9.17) is 16.4 Å². The van der Waals surface area contributed by atoms with Crippen molar-refractivity contribution in [3.8, 4) is 5.75 Å². The first-order valence-electron chi connectivity index (χ1n) is 14.6. The second-order valence-electron chi connectivity index (χ2n) is 9.16. The smallest absolute Gasteiger partial charge is 0.259 e. The number of anilines is 1. The monoisotopic (exact) mass is 651 g/mol. The molecule has 1 heterocycles. The largest absolute Gasteiger partial charge is 0.507 e. The van der Waals surface area contributed by atoms with E-state index in [9.17, 15) is 13.9 Å². The Morgan fingerprint density at radius 3 is 2.11 bits per heavy atom. The number of halogens is 3. The number of amidine groups is 1. The Hall–Kier alpha value is -3.15. The van der Waals surface area contributed by atoms with Crippen LogP contribution in [-0.4, -0.2) is 27.9 Å². The van der Waals surface area contributed by atoms with Crippen molar-refractivity contribution in [3.05, 3.63) is 95.0 Å². The van der Waals surface area contributed by atoms with Gasteiger partial charge in [-0.1, -0.05) is 66.8 Å². The molecule has 0 aliphatic carbocycles. The summed E-state index contributed by atoms with van der Waals surface area (Å²) in [5.74, 6) is 0.872. The summed E-state index contributed by atoms with van der Waals surface area (Å²) >= 11 is 6.23. The van der Waals surface area contributed by atoms with Crippen LogP contribution in [0.2, 0.25) is 5.02 Å². The maximum Gasteiger partial charge on any atom is 0.259 e.